The van der Waals surface area contributed by atoms with Gasteiger partial charge >= 0.3 is 0 Å². The first-order chi connectivity index (χ1) is 10.8. The van der Waals surface area contributed by atoms with E-state index in [1.54, 1.807) is 0 Å². The number of unbranched alkanes of at least 4 members (excludes halogenated alkanes) is 1. The van der Waals surface area contributed by atoms with Crippen LogP contribution in [0.3, 0.4) is 0 Å². The van der Waals surface area contributed by atoms with E-state index in [1.807, 2.05) is 30.3 Å². The normalized spacial score (nSPS) is 11.0. The highest BCUT2D eigenvalue weighted by Gasteiger charge is 2.06. The molecule has 0 saturated heterocycles. The Morgan fingerprint density at radius 1 is 1.14 bits per heavy atom. The summed E-state index contributed by atoms with van der Waals surface area (Å²) in [5.74, 6) is 0.620. The van der Waals surface area contributed by atoms with E-state index in [9.17, 15) is 4.79 Å². The second kappa shape index (κ2) is 6.52. The van der Waals surface area contributed by atoms with E-state index in [0.29, 0.717) is 12.3 Å². The molecule has 0 fully saturated rings. The van der Waals surface area contributed by atoms with Gasteiger partial charge in [0.1, 0.15) is 5.75 Å². The molecular formula is C18H20N2O2. The third-order valence-corrected chi connectivity index (χ3v) is 3.70. The van der Waals surface area contributed by atoms with Gasteiger partial charge in [-0.15, -0.1) is 0 Å². The summed E-state index contributed by atoms with van der Waals surface area (Å²) in [5.41, 5.74) is 2.12. The lowest BCUT2D eigenvalue weighted by molar-refractivity contribution is -0.123. The minimum Gasteiger partial charge on any atom is -0.484 e. The van der Waals surface area contributed by atoms with Crippen LogP contribution in [0.15, 0.2) is 42.5 Å². The van der Waals surface area contributed by atoms with Crippen molar-refractivity contribution in [2.45, 2.75) is 19.8 Å². The zero-order chi connectivity index (χ0) is 15.4. The van der Waals surface area contributed by atoms with E-state index in [0.717, 1.165) is 29.3 Å². The lowest BCUT2D eigenvalue weighted by atomic mass is 10.1. The molecule has 114 valence electrons. The van der Waals surface area contributed by atoms with Crippen LogP contribution in [0.25, 0.3) is 21.8 Å². The number of hydrogen-bond acceptors (Lipinski definition) is 2. The first-order valence-electron chi connectivity index (χ1n) is 7.68. The number of nitrogens with one attached hydrogen (secondary N) is 2. The van der Waals surface area contributed by atoms with Crippen molar-refractivity contribution in [1.82, 2.24) is 10.3 Å². The second-order valence-corrected chi connectivity index (χ2v) is 5.37. The van der Waals surface area contributed by atoms with Gasteiger partial charge in [-0.3, -0.25) is 4.79 Å². The Kier molecular flexibility index (Phi) is 4.28. The van der Waals surface area contributed by atoms with E-state index in [4.69, 9.17) is 4.74 Å². The SMILES string of the molecule is CCCCNC(=O)COc1ccc2c(c1)[nH]c1ccccc12. The van der Waals surface area contributed by atoms with Crippen molar-refractivity contribution in [3.8, 4) is 5.75 Å². The summed E-state index contributed by atoms with van der Waals surface area (Å²) in [6.45, 7) is 2.85. The molecular weight excluding hydrogens is 276 g/mol. The number of aromatic amines is 1. The van der Waals surface area contributed by atoms with Gasteiger partial charge in [0.05, 0.1) is 5.52 Å². The summed E-state index contributed by atoms with van der Waals surface area (Å²) in [5, 5.41) is 5.20. The van der Waals surface area contributed by atoms with Crippen LogP contribution in [0.2, 0.25) is 0 Å². The number of amides is 1. The Bertz CT molecular complexity index is 792. The van der Waals surface area contributed by atoms with Crippen molar-refractivity contribution in [3.05, 3.63) is 42.5 Å². The Labute approximate surface area is 129 Å². The summed E-state index contributed by atoms with van der Waals surface area (Å²) >= 11 is 0. The molecule has 22 heavy (non-hydrogen) atoms. The predicted octanol–water partition coefficient (Wildman–Crippen LogP) is 3.62. The maximum atomic E-state index is 11.7. The number of para-hydroxylation sites is 1. The molecule has 1 amide bonds. The molecule has 4 heteroatoms. The monoisotopic (exact) mass is 296 g/mol. The van der Waals surface area contributed by atoms with Crippen molar-refractivity contribution in [3.63, 3.8) is 0 Å². The first kappa shape index (κ1) is 14.4. The van der Waals surface area contributed by atoms with Crippen LogP contribution in [0.1, 0.15) is 19.8 Å². The van der Waals surface area contributed by atoms with Crippen molar-refractivity contribution >= 4 is 27.7 Å². The highest BCUT2D eigenvalue weighted by Crippen LogP contribution is 2.28. The molecule has 2 N–H and O–H groups in total. The van der Waals surface area contributed by atoms with Gasteiger partial charge in [0.15, 0.2) is 6.61 Å². The minimum absolute atomic E-state index is 0.0510. The molecule has 2 aromatic carbocycles. The van der Waals surface area contributed by atoms with E-state index in [-0.39, 0.29) is 12.5 Å². The van der Waals surface area contributed by atoms with Gasteiger partial charge in [0, 0.05) is 28.9 Å². The highest BCUT2D eigenvalue weighted by atomic mass is 16.5. The van der Waals surface area contributed by atoms with E-state index >= 15 is 0 Å². The van der Waals surface area contributed by atoms with Crippen LogP contribution in [-0.2, 0) is 4.79 Å². The third kappa shape index (κ3) is 3.06. The van der Waals surface area contributed by atoms with Gasteiger partial charge in [-0.2, -0.15) is 0 Å². The van der Waals surface area contributed by atoms with Crippen LogP contribution in [0.4, 0.5) is 0 Å². The maximum absolute atomic E-state index is 11.7. The minimum atomic E-state index is -0.0785. The molecule has 0 spiro atoms. The lowest BCUT2D eigenvalue weighted by Crippen LogP contribution is -2.29. The lowest BCUT2D eigenvalue weighted by Gasteiger charge is -2.07. The Morgan fingerprint density at radius 2 is 1.95 bits per heavy atom. The number of fused-ring (bicyclic) bond motifs is 3. The fourth-order valence-electron chi connectivity index (χ4n) is 2.53. The van der Waals surface area contributed by atoms with Gasteiger partial charge in [0.25, 0.3) is 5.91 Å². The maximum Gasteiger partial charge on any atom is 0.257 e. The molecule has 4 nitrogen and oxygen atoms in total. The number of hydrogen-bond donors (Lipinski definition) is 2. The zero-order valence-corrected chi connectivity index (χ0v) is 12.7. The average molecular weight is 296 g/mol. The number of ether oxygens (including phenoxy) is 1. The molecule has 0 unspecified atom stereocenters. The molecule has 0 aliphatic rings. The number of benzene rings is 2. The summed E-state index contributed by atoms with van der Waals surface area (Å²) in [6.07, 6.45) is 2.06. The number of carbonyl (C=O) groups is 1. The van der Waals surface area contributed by atoms with Gasteiger partial charge in [0.2, 0.25) is 0 Å². The van der Waals surface area contributed by atoms with E-state index in [2.05, 4.69) is 29.4 Å². The molecule has 0 bridgehead atoms. The molecule has 0 atom stereocenters. The second-order valence-electron chi connectivity index (χ2n) is 5.37. The highest BCUT2D eigenvalue weighted by molar-refractivity contribution is 6.07. The quantitative estimate of drug-likeness (QED) is 0.683. The Morgan fingerprint density at radius 3 is 2.82 bits per heavy atom. The summed E-state index contributed by atoms with van der Waals surface area (Å²) in [4.78, 5) is 15.0. The van der Waals surface area contributed by atoms with Gasteiger partial charge in [-0.25, -0.2) is 0 Å². The summed E-state index contributed by atoms with van der Waals surface area (Å²) < 4.78 is 5.57. The molecule has 0 aliphatic heterocycles. The van der Waals surface area contributed by atoms with Gasteiger partial charge < -0.3 is 15.0 Å². The van der Waals surface area contributed by atoms with Crippen LogP contribution >= 0.6 is 0 Å². The third-order valence-electron chi connectivity index (χ3n) is 3.70. The van der Waals surface area contributed by atoms with Crippen molar-refractivity contribution in [1.29, 1.82) is 0 Å². The molecule has 0 saturated carbocycles. The zero-order valence-electron chi connectivity index (χ0n) is 12.7. The summed E-state index contributed by atoms with van der Waals surface area (Å²) in [7, 11) is 0. The van der Waals surface area contributed by atoms with Crippen LogP contribution in [-0.4, -0.2) is 24.0 Å². The predicted molar refractivity (Wildman–Crippen MR) is 89.2 cm³/mol. The topological polar surface area (TPSA) is 54.1 Å². The van der Waals surface area contributed by atoms with Crippen LogP contribution < -0.4 is 10.1 Å². The number of carbonyl (C=O) groups excluding carboxylic acids is 1. The molecule has 0 radical (unpaired) electrons. The van der Waals surface area contributed by atoms with E-state index < -0.39 is 0 Å². The van der Waals surface area contributed by atoms with Crippen LogP contribution in [0, 0.1) is 0 Å². The van der Waals surface area contributed by atoms with Crippen molar-refractivity contribution in [2.24, 2.45) is 0 Å². The Balaban J connectivity index is 1.70. The number of rotatable bonds is 6. The average Bonchev–Trinajstić information content (AvgIpc) is 2.91. The van der Waals surface area contributed by atoms with Crippen LogP contribution in [0.5, 0.6) is 5.75 Å². The van der Waals surface area contributed by atoms with E-state index in [1.165, 1.54) is 5.39 Å². The summed E-state index contributed by atoms with van der Waals surface area (Å²) in [6, 6.07) is 14.1. The number of H-pyrrole nitrogens is 1. The standard InChI is InChI=1S/C18H20N2O2/c1-2-3-10-19-18(21)12-22-13-8-9-15-14-6-4-5-7-16(14)20-17(15)11-13/h4-9,11,20H,2-3,10,12H2,1H3,(H,19,21). The largest absolute Gasteiger partial charge is 0.484 e. The molecule has 0 aliphatic carbocycles. The van der Waals surface area contributed by atoms with Crippen molar-refractivity contribution in [2.75, 3.05) is 13.2 Å². The smallest absolute Gasteiger partial charge is 0.257 e. The first-order valence-corrected chi connectivity index (χ1v) is 7.68. The number of aromatic nitrogens is 1. The molecule has 3 rings (SSSR count). The van der Waals surface area contributed by atoms with Gasteiger partial charge in [-0.1, -0.05) is 31.5 Å². The van der Waals surface area contributed by atoms with Crippen molar-refractivity contribution < 1.29 is 9.53 Å². The van der Waals surface area contributed by atoms with Gasteiger partial charge in [-0.05, 0) is 24.6 Å². The Hall–Kier alpha value is -2.49. The molecule has 1 aromatic heterocycles. The molecule has 1 heterocycles. The molecule has 3 aromatic rings. The fraction of sp³-hybridized carbons (Fsp3) is 0.278. The fourth-order valence-corrected chi connectivity index (χ4v) is 2.53.